The first-order chi connectivity index (χ1) is 10.3. The minimum Gasteiger partial charge on any atom is -0.326 e. The zero-order valence-electron chi connectivity index (χ0n) is 11.2. The van der Waals surface area contributed by atoms with Crippen LogP contribution in [0.3, 0.4) is 0 Å². The summed E-state index contributed by atoms with van der Waals surface area (Å²) in [6.45, 7) is 0. The van der Waals surface area contributed by atoms with Gasteiger partial charge in [0.2, 0.25) is 0 Å². The van der Waals surface area contributed by atoms with Crippen molar-refractivity contribution in [3.63, 3.8) is 0 Å². The minimum atomic E-state index is -4.39. The molecule has 1 aromatic carbocycles. The van der Waals surface area contributed by atoms with Gasteiger partial charge in [-0.1, -0.05) is 6.07 Å². The third-order valence-electron chi connectivity index (χ3n) is 2.56. The van der Waals surface area contributed by atoms with Crippen molar-refractivity contribution in [1.82, 2.24) is 0 Å². The molecule has 2 rings (SSSR count). The number of hydrogen-bond donors (Lipinski definition) is 3. The summed E-state index contributed by atoms with van der Waals surface area (Å²) in [5.41, 5.74) is 0.891. The molecule has 3 nitrogen and oxygen atoms in total. The van der Waals surface area contributed by atoms with Gasteiger partial charge in [-0.3, -0.25) is 5.41 Å². The van der Waals surface area contributed by atoms with Gasteiger partial charge in [-0.15, -0.1) is 23.1 Å². The molecule has 9 heteroatoms. The molecule has 118 valence electrons. The van der Waals surface area contributed by atoms with Gasteiger partial charge in [0.15, 0.2) is 5.96 Å². The third kappa shape index (κ3) is 4.40. The van der Waals surface area contributed by atoms with Crippen molar-refractivity contribution in [3.8, 4) is 0 Å². The number of rotatable bonds is 3. The number of thiophene rings is 1. The maximum atomic E-state index is 12.6. The smallest absolute Gasteiger partial charge is 0.326 e. The number of guanidine groups is 1. The lowest BCUT2D eigenvalue weighted by Gasteiger charge is -2.10. The number of hydrogen-bond acceptors (Lipinski definition) is 3. The Kier molecular flexibility index (Phi) is 5.41. The monoisotopic (exact) mass is 409 g/mol. The van der Waals surface area contributed by atoms with Gasteiger partial charge in [0.05, 0.1) is 9.47 Å². The minimum absolute atomic E-state index is 0.106. The van der Waals surface area contributed by atoms with Crippen LogP contribution in [0.15, 0.2) is 39.0 Å². The van der Waals surface area contributed by atoms with Crippen molar-refractivity contribution in [1.29, 1.82) is 5.41 Å². The second-order valence-electron chi connectivity index (χ2n) is 4.15. The number of alkyl halides is 3. The second-order valence-corrected chi connectivity index (χ2v) is 7.40. The average Bonchev–Trinajstić information content (AvgIpc) is 2.80. The van der Waals surface area contributed by atoms with Gasteiger partial charge in [-0.25, -0.2) is 0 Å². The van der Waals surface area contributed by atoms with E-state index in [1.807, 2.05) is 24.5 Å². The quantitative estimate of drug-likeness (QED) is 0.345. The molecule has 1 aromatic heterocycles. The summed E-state index contributed by atoms with van der Waals surface area (Å²) < 4.78 is 38.2. The lowest BCUT2D eigenvalue weighted by Crippen LogP contribution is -2.20. The molecule has 0 fully saturated rings. The van der Waals surface area contributed by atoms with Gasteiger partial charge in [0.1, 0.15) is 4.88 Å². The largest absolute Gasteiger partial charge is 0.425 e. The molecule has 0 spiro atoms. The van der Waals surface area contributed by atoms with Crippen molar-refractivity contribution in [2.45, 2.75) is 11.1 Å². The molecule has 22 heavy (non-hydrogen) atoms. The summed E-state index contributed by atoms with van der Waals surface area (Å²) in [6, 6.07) is 8.37. The number of thioether (sulfide) groups is 1. The first kappa shape index (κ1) is 17.2. The van der Waals surface area contributed by atoms with Crippen LogP contribution in [0, 0.1) is 5.41 Å². The van der Waals surface area contributed by atoms with Crippen LogP contribution in [0.25, 0.3) is 0 Å². The lowest BCUT2D eigenvalue weighted by atomic mass is 10.3. The molecular weight excluding hydrogens is 399 g/mol. The Morgan fingerprint density at radius 2 is 2.00 bits per heavy atom. The van der Waals surface area contributed by atoms with Crippen LogP contribution in [0.5, 0.6) is 0 Å². The molecule has 0 aliphatic carbocycles. The molecule has 2 aromatic rings. The molecule has 0 radical (unpaired) electrons. The van der Waals surface area contributed by atoms with E-state index in [0.717, 1.165) is 11.0 Å². The van der Waals surface area contributed by atoms with Crippen LogP contribution < -0.4 is 10.6 Å². The Morgan fingerprint density at radius 3 is 2.59 bits per heavy atom. The molecule has 1 heterocycles. The molecule has 0 amide bonds. The summed E-state index contributed by atoms with van der Waals surface area (Å²) >= 11 is 5.21. The van der Waals surface area contributed by atoms with Crippen molar-refractivity contribution < 1.29 is 13.2 Å². The lowest BCUT2D eigenvalue weighted by molar-refractivity contribution is -0.134. The highest BCUT2D eigenvalue weighted by molar-refractivity contribution is 9.11. The van der Waals surface area contributed by atoms with E-state index in [4.69, 9.17) is 5.41 Å². The average molecular weight is 410 g/mol. The molecule has 0 unspecified atom stereocenters. The molecule has 0 aliphatic rings. The first-order valence-corrected chi connectivity index (χ1v) is 8.76. The molecule has 0 bridgehead atoms. The van der Waals surface area contributed by atoms with Crippen LogP contribution in [-0.2, 0) is 6.18 Å². The summed E-state index contributed by atoms with van der Waals surface area (Å²) in [7, 11) is 0. The Hall–Kier alpha value is -1.19. The van der Waals surface area contributed by atoms with E-state index in [-0.39, 0.29) is 11.6 Å². The second kappa shape index (κ2) is 6.93. The van der Waals surface area contributed by atoms with Gasteiger partial charge >= 0.3 is 6.18 Å². The van der Waals surface area contributed by atoms with Crippen LogP contribution in [0.1, 0.15) is 4.88 Å². The van der Waals surface area contributed by atoms with E-state index in [2.05, 4.69) is 26.6 Å². The fraction of sp³-hybridized carbons (Fsp3) is 0.154. The summed E-state index contributed by atoms with van der Waals surface area (Å²) in [4.78, 5) is 0.299. The molecule has 0 saturated carbocycles. The maximum Gasteiger partial charge on any atom is 0.425 e. The highest BCUT2D eigenvalue weighted by Gasteiger charge is 2.33. The van der Waals surface area contributed by atoms with Gasteiger partial charge in [-0.2, -0.15) is 13.2 Å². The van der Waals surface area contributed by atoms with E-state index >= 15 is 0 Å². The maximum absolute atomic E-state index is 12.6. The van der Waals surface area contributed by atoms with Crippen molar-refractivity contribution in [3.05, 3.63) is 39.0 Å². The van der Waals surface area contributed by atoms with E-state index in [1.165, 1.54) is 0 Å². The Balaban J connectivity index is 2.07. The van der Waals surface area contributed by atoms with E-state index < -0.39 is 11.1 Å². The van der Waals surface area contributed by atoms with Crippen LogP contribution in [-0.4, -0.2) is 12.2 Å². The van der Waals surface area contributed by atoms with Crippen LogP contribution >= 0.6 is 39.0 Å². The zero-order valence-corrected chi connectivity index (χ0v) is 14.4. The van der Waals surface area contributed by atoms with Gasteiger partial charge in [0, 0.05) is 10.6 Å². The number of benzene rings is 1. The van der Waals surface area contributed by atoms with E-state index in [1.54, 1.807) is 17.8 Å². The van der Waals surface area contributed by atoms with Gasteiger partial charge in [0.25, 0.3) is 0 Å². The Morgan fingerprint density at radius 1 is 1.27 bits per heavy atom. The summed E-state index contributed by atoms with van der Waals surface area (Å²) in [5.74, 6) is -0.106. The molecule has 0 aliphatic heterocycles. The predicted octanol–water partition coefficient (Wildman–Crippen LogP) is 5.71. The Bertz CT molecular complexity index is 685. The SMILES string of the molecule is CSc1cccc(NC(=N)Nc2cc(C(F)(F)F)sc2Br)c1. The summed E-state index contributed by atoms with van der Waals surface area (Å²) in [5, 5.41) is 13.2. The highest BCUT2D eigenvalue weighted by Crippen LogP contribution is 2.41. The molecule has 0 atom stereocenters. The number of nitrogens with one attached hydrogen (secondary N) is 3. The summed E-state index contributed by atoms with van der Waals surface area (Å²) in [6.07, 6.45) is -2.46. The van der Waals surface area contributed by atoms with Crippen molar-refractivity contribution in [2.75, 3.05) is 16.9 Å². The standard InChI is InChI=1S/C13H11BrF3N3S2/c1-21-8-4-2-3-7(5-8)19-12(18)20-9-6-10(13(15,16)17)22-11(9)14/h2-6H,1H3,(H3,18,19,20). The van der Waals surface area contributed by atoms with Crippen molar-refractivity contribution >= 4 is 56.4 Å². The van der Waals surface area contributed by atoms with Gasteiger partial charge in [-0.05, 0) is 46.5 Å². The highest BCUT2D eigenvalue weighted by atomic mass is 79.9. The van der Waals surface area contributed by atoms with Crippen LogP contribution in [0.2, 0.25) is 0 Å². The molecule has 0 saturated heterocycles. The normalized spacial score (nSPS) is 11.3. The van der Waals surface area contributed by atoms with Crippen LogP contribution in [0.4, 0.5) is 24.5 Å². The first-order valence-electron chi connectivity index (χ1n) is 5.93. The van der Waals surface area contributed by atoms with E-state index in [9.17, 15) is 13.2 Å². The fourth-order valence-corrected chi connectivity index (χ4v) is 3.51. The Labute approximate surface area is 141 Å². The fourth-order valence-electron chi connectivity index (χ4n) is 1.60. The zero-order chi connectivity index (χ0) is 16.3. The molecule has 3 N–H and O–H groups in total. The van der Waals surface area contributed by atoms with E-state index in [0.29, 0.717) is 20.8 Å². The molecular formula is C13H11BrF3N3S2. The topological polar surface area (TPSA) is 47.9 Å². The number of anilines is 2. The predicted molar refractivity (Wildman–Crippen MR) is 90.2 cm³/mol. The number of halogens is 4. The third-order valence-corrected chi connectivity index (χ3v) is 5.17. The van der Waals surface area contributed by atoms with Crippen molar-refractivity contribution in [2.24, 2.45) is 0 Å². The van der Waals surface area contributed by atoms with Gasteiger partial charge < -0.3 is 10.6 Å².